The van der Waals surface area contributed by atoms with Gasteiger partial charge in [-0.2, -0.15) is 8.78 Å². The van der Waals surface area contributed by atoms with Gasteiger partial charge >= 0.3 is 0 Å². The van der Waals surface area contributed by atoms with Gasteiger partial charge in [-0.05, 0) is 69.5 Å². The quantitative estimate of drug-likeness (QED) is 0.184. The Morgan fingerprint density at radius 2 is 2.07 bits per heavy atom. The Morgan fingerprint density at radius 3 is 2.71 bits per heavy atom. The molecule has 9 heteroatoms. The molecule has 2 heterocycles. The molecule has 2 fully saturated rings. The van der Waals surface area contributed by atoms with E-state index < -0.39 is 17.4 Å². The van der Waals surface area contributed by atoms with Crippen LogP contribution in [0, 0.1) is 12.3 Å². The first-order valence-electron chi connectivity index (χ1n) is 14.4. The normalized spacial score (nSPS) is 29.0. The third-order valence-electron chi connectivity index (χ3n) is 8.92. The van der Waals surface area contributed by atoms with Gasteiger partial charge in [-0.25, -0.2) is 0 Å². The maximum atomic E-state index is 16.0. The number of hydrogen-bond acceptors (Lipinski definition) is 6. The van der Waals surface area contributed by atoms with Crippen molar-refractivity contribution in [1.29, 1.82) is 5.41 Å². The second-order valence-electron chi connectivity index (χ2n) is 11.1. The summed E-state index contributed by atoms with van der Waals surface area (Å²) < 4.78 is 37.6. The average Bonchev–Trinajstić information content (AvgIpc) is 3.49. The van der Waals surface area contributed by atoms with Crippen LogP contribution in [0.4, 0.5) is 8.78 Å². The molecule has 4 rings (SSSR count). The van der Waals surface area contributed by atoms with Crippen molar-refractivity contribution in [3.63, 3.8) is 0 Å². The van der Waals surface area contributed by atoms with E-state index in [1.54, 1.807) is 39.4 Å². The van der Waals surface area contributed by atoms with Crippen molar-refractivity contribution in [3.05, 3.63) is 75.7 Å². The van der Waals surface area contributed by atoms with Gasteiger partial charge in [0.15, 0.2) is 0 Å². The zero-order valence-electron chi connectivity index (χ0n) is 24.9. The van der Waals surface area contributed by atoms with E-state index in [0.717, 1.165) is 30.7 Å². The summed E-state index contributed by atoms with van der Waals surface area (Å²) in [6.07, 6.45) is 10.3. The van der Waals surface area contributed by atoms with Crippen molar-refractivity contribution in [3.8, 4) is 0 Å². The first-order valence-corrected chi connectivity index (χ1v) is 14.4. The van der Waals surface area contributed by atoms with Gasteiger partial charge in [-0.3, -0.25) is 15.3 Å². The van der Waals surface area contributed by atoms with Crippen molar-refractivity contribution in [1.82, 2.24) is 15.5 Å². The molecule has 222 valence electrons. The number of ether oxygens (including phenoxy) is 1. The van der Waals surface area contributed by atoms with E-state index in [0.29, 0.717) is 54.2 Å². The second kappa shape index (κ2) is 12.4. The molecule has 5 N–H and O–H groups in total. The summed E-state index contributed by atoms with van der Waals surface area (Å²) in [5.74, 6) is -3.04. The molecular formula is C32H44F2N6O. The minimum Gasteiger partial charge on any atom is -0.392 e. The minimum absolute atomic E-state index is 0.0545. The lowest BCUT2D eigenvalue weighted by molar-refractivity contribution is 0.0408. The standard InChI is InChI=1S/C32H44F2N6O/c1-7-24-26(39-30(36)28-13-10-16-40(28)31(24,18-35)19-41-6)12-9-8-11-25-20(2)23-15-14-22(27(38-5)17-37-4)21(3)29(23)32(25,33)34/h7,11-12,14-15,17,20,28,37H,5,8-10,13,16,18-19,35H2,1-4,6H3,(H2,36,39)/b24-7+,25-11+,26-12+,27-17-. The summed E-state index contributed by atoms with van der Waals surface area (Å²) in [6, 6.07) is 3.59. The van der Waals surface area contributed by atoms with Gasteiger partial charge in [-0.1, -0.05) is 37.3 Å². The van der Waals surface area contributed by atoms with Crippen molar-refractivity contribution >= 4 is 18.3 Å². The molecule has 2 aliphatic heterocycles. The van der Waals surface area contributed by atoms with Gasteiger partial charge in [0.25, 0.3) is 5.92 Å². The number of benzene rings is 1. The summed E-state index contributed by atoms with van der Waals surface area (Å²) in [5.41, 5.74) is 10.2. The number of nitrogens with two attached hydrogens (primary N) is 1. The molecule has 3 unspecified atom stereocenters. The van der Waals surface area contributed by atoms with Crippen LogP contribution in [0.5, 0.6) is 0 Å². The fourth-order valence-electron chi connectivity index (χ4n) is 7.04. The molecule has 41 heavy (non-hydrogen) atoms. The molecule has 0 saturated carbocycles. The lowest BCUT2D eigenvalue weighted by atomic mass is 9.85. The molecule has 3 atom stereocenters. The number of hydrogen-bond donors (Lipinski definition) is 4. The van der Waals surface area contributed by atoms with Crippen LogP contribution in [-0.2, 0) is 10.7 Å². The van der Waals surface area contributed by atoms with E-state index in [1.165, 1.54) is 0 Å². The number of nitrogens with one attached hydrogen (secondary N) is 3. The fraction of sp³-hybridized carbons (Fsp3) is 0.500. The number of rotatable bonds is 9. The lowest BCUT2D eigenvalue weighted by Crippen LogP contribution is -2.60. The van der Waals surface area contributed by atoms with Gasteiger partial charge in [-0.15, -0.1) is 0 Å². The summed E-state index contributed by atoms with van der Waals surface area (Å²) in [6.45, 7) is 10.8. The van der Waals surface area contributed by atoms with Gasteiger partial charge < -0.3 is 21.1 Å². The third-order valence-corrected chi connectivity index (χ3v) is 8.92. The summed E-state index contributed by atoms with van der Waals surface area (Å²) in [7, 11) is 3.41. The highest BCUT2D eigenvalue weighted by Crippen LogP contribution is 2.54. The molecule has 1 aliphatic carbocycles. The first-order chi connectivity index (χ1) is 19.6. The number of fused-ring (bicyclic) bond motifs is 2. The number of unbranched alkanes of at least 4 members (excludes halogenated alkanes) is 1. The first kappa shape index (κ1) is 30.8. The van der Waals surface area contributed by atoms with Gasteiger partial charge in [0.1, 0.15) is 5.84 Å². The van der Waals surface area contributed by atoms with Crippen molar-refractivity contribution < 1.29 is 13.5 Å². The molecule has 1 aromatic carbocycles. The molecule has 2 saturated heterocycles. The Labute approximate surface area is 242 Å². The molecule has 0 spiro atoms. The Hall–Kier alpha value is -3.14. The van der Waals surface area contributed by atoms with Crippen LogP contribution in [-0.4, -0.2) is 62.9 Å². The third kappa shape index (κ3) is 5.19. The predicted molar refractivity (Wildman–Crippen MR) is 163 cm³/mol. The summed E-state index contributed by atoms with van der Waals surface area (Å²) in [5, 5.41) is 15.0. The number of aliphatic imine (C=N–C) groups is 1. The van der Waals surface area contributed by atoms with E-state index in [2.05, 4.69) is 27.2 Å². The van der Waals surface area contributed by atoms with Crippen LogP contribution in [0.2, 0.25) is 0 Å². The SMILES string of the molecule is C=N/C(=C\NC)c1ccc2c(c1C)C(F)(F)/C(=C/CC/C=C1/NC(=N)C3CCCN3C(CN)(COC)/C1=C/C)C2C. The van der Waals surface area contributed by atoms with Crippen LogP contribution in [0.15, 0.2) is 58.4 Å². The zero-order valence-corrected chi connectivity index (χ0v) is 24.9. The predicted octanol–water partition coefficient (Wildman–Crippen LogP) is 5.35. The fourth-order valence-corrected chi connectivity index (χ4v) is 7.04. The highest BCUT2D eigenvalue weighted by atomic mass is 19.3. The largest absolute Gasteiger partial charge is 0.392 e. The monoisotopic (exact) mass is 566 g/mol. The van der Waals surface area contributed by atoms with Gasteiger partial charge in [0.2, 0.25) is 0 Å². The number of alkyl halides is 2. The summed E-state index contributed by atoms with van der Waals surface area (Å²) >= 11 is 0. The molecule has 3 aliphatic rings. The van der Waals surface area contributed by atoms with Crippen LogP contribution < -0.4 is 16.4 Å². The van der Waals surface area contributed by atoms with E-state index in [1.807, 2.05) is 32.1 Å². The van der Waals surface area contributed by atoms with E-state index in [-0.39, 0.29) is 17.2 Å². The second-order valence-corrected chi connectivity index (χ2v) is 11.1. The smallest absolute Gasteiger partial charge is 0.295 e. The van der Waals surface area contributed by atoms with Crippen molar-refractivity contribution in [2.75, 3.05) is 33.9 Å². The maximum Gasteiger partial charge on any atom is 0.295 e. The number of halogens is 2. The topological polar surface area (TPSA) is 98.8 Å². The van der Waals surface area contributed by atoms with Gasteiger partial charge in [0.05, 0.1) is 23.9 Å². The minimum atomic E-state index is -3.08. The zero-order chi connectivity index (χ0) is 29.9. The average molecular weight is 567 g/mol. The lowest BCUT2D eigenvalue weighted by Gasteiger charge is -2.43. The molecule has 1 aromatic rings. The maximum absolute atomic E-state index is 16.0. The number of allylic oxidation sites excluding steroid dienone is 4. The van der Waals surface area contributed by atoms with Crippen molar-refractivity contribution in [2.24, 2.45) is 10.7 Å². The number of amidine groups is 1. The Kier molecular flexibility index (Phi) is 9.31. The Balaban J connectivity index is 1.63. The Bertz CT molecular complexity index is 1310. The molecule has 0 bridgehead atoms. The highest BCUT2D eigenvalue weighted by molar-refractivity contribution is 5.88. The summed E-state index contributed by atoms with van der Waals surface area (Å²) in [4.78, 5) is 6.34. The van der Waals surface area contributed by atoms with Crippen LogP contribution in [0.3, 0.4) is 0 Å². The van der Waals surface area contributed by atoms with Gasteiger partial charge in [0, 0.05) is 55.2 Å². The van der Waals surface area contributed by atoms with Crippen molar-refractivity contribution in [2.45, 2.75) is 69.9 Å². The van der Waals surface area contributed by atoms with E-state index in [9.17, 15) is 0 Å². The molecular weight excluding hydrogens is 522 g/mol. The Morgan fingerprint density at radius 1 is 1.34 bits per heavy atom. The van der Waals surface area contributed by atoms with Crippen LogP contribution in [0.1, 0.15) is 67.7 Å². The number of methoxy groups -OCH3 is 1. The molecule has 0 amide bonds. The van der Waals surface area contributed by atoms with E-state index >= 15 is 8.78 Å². The van der Waals surface area contributed by atoms with Crippen LogP contribution >= 0.6 is 0 Å². The molecule has 0 radical (unpaired) electrons. The van der Waals surface area contributed by atoms with E-state index in [4.69, 9.17) is 15.9 Å². The highest BCUT2D eigenvalue weighted by Gasteiger charge is 2.50. The molecule has 7 nitrogen and oxygen atoms in total. The van der Waals surface area contributed by atoms with Crippen LogP contribution in [0.25, 0.3) is 5.70 Å². The molecule has 0 aromatic heterocycles. The number of nitrogens with zero attached hydrogens (tertiary/aromatic N) is 2.